The minimum Gasteiger partial charge on any atom is -0.339 e. The van der Waals surface area contributed by atoms with Gasteiger partial charge in [-0.15, -0.1) is 0 Å². The van der Waals surface area contributed by atoms with Crippen LogP contribution in [0.25, 0.3) is 0 Å². The monoisotopic (exact) mass is 263 g/mol. The van der Waals surface area contributed by atoms with Gasteiger partial charge in [-0.3, -0.25) is 9.80 Å². The first-order chi connectivity index (χ1) is 9.38. The fraction of sp³-hybridized carbons (Fsp3) is 0.846. The lowest BCUT2D eigenvalue weighted by Gasteiger charge is -2.46. The van der Waals surface area contributed by atoms with Gasteiger partial charge in [0, 0.05) is 51.2 Å². The van der Waals surface area contributed by atoms with Gasteiger partial charge in [0.1, 0.15) is 0 Å². The van der Waals surface area contributed by atoms with Gasteiger partial charge in [-0.2, -0.15) is 4.98 Å². The summed E-state index contributed by atoms with van der Waals surface area (Å²) in [5.41, 5.74) is 0. The minimum atomic E-state index is 0.561. The maximum Gasteiger partial charge on any atom is 0.229 e. The van der Waals surface area contributed by atoms with Crippen LogP contribution in [0.5, 0.6) is 0 Å². The van der Waals surface area contributed by atoms with Crippen LogP contribution in [0.4, 0.5) is 0 Å². The van der Waals surface area contributed by atoms with Crippen LogP contribution in [0.1, 0.15) is 30.5 Å². The first kappa shape index (κ1) is 11.8. The Morgan fingerprint density at radius 2 is 2.00 bits per heavy atom. The molecule has 0 unspecified atom stereocenters. The Kier molecular flexibility index (Phi) is 3.01. The van der Waals surface area contributed by atoms with E-state index >= 15 is 0 Å². The summed E-state index contributed by atoms with van der Waals surface area (Å²) in [4.78, 5) is 9.50. The average molecular weight is 263 g/mol. The van der Waals surface area contributed by atoms with Crippen LogP contribution in [-0.4, -0.2) is 65.3 Å². The molecule has 3 heterocycles. The summed E-state index contributed by atoms with van der Waals surface area (Å²) in [6, 6.07) is 0.733. The molecule has 0 spiro atoms. The molecule has 4 rings (SSSR count). The number of nitrogens with one attached hydrogen (secondary N) is 1. The molecular formula is C13H21N5O. The zero-order valence-electron chi connectivity index (χ0n) is 11.2. The van der Waals surface area contributed by atoms with Crippen LogP contribution in [0.3, 0.4) is 0 Å². The number of rotatable bonds is 4. The van der Waals surface area contributed by atoms with Crippen LogP contribution >= 0.6 is 0 Å². The van der Waals surface area contributed by atoms with E-state index < -0.39 is 0 Å². The number of hydrogen-bond donors (Lipinski definition) is 1. The molecule has 19 heavy (non-hydrogen) atoms. The normalized spacial score (nSPS) is 26.5. The molecule has 3 aliphatic rings. The van der Waals surface area contributed by atoms with Crippen LogP contribution in [0.2, 0.25) is 0 Å². The van der Waals surface area contributed by atoms with Gasteiger partial charge in [-0.05, 0) is 12.8 Å². The molecule has 1 aliphatic carbocycles. The second-order valence-electron chi connectivity index (χ2n) is 5.96. The lowest BCUT2D eigenvalue weighted by atomic mass is 10.1. The molecule has 6 nitrogen and oxygen atoms in total. The lowest BCUT2D eigenvalue weighted by Crippen LogP contribution is -2.62. The second kappa shape index (κ2) is 4.85. The van der Waals surface area contributed by atoms with Gasteiger partial charge >= 0.3 is 0 Å². The van der Waals surface area contributed by atoms with Gasteiger partial charge in [0.25, 0.3) is 0 Å². The van der Waals surface area contributed by atoms with Crippen molar-refractivity contribution >= 4 is 0 Å². The molecule has 6 heteroatoms. The summed E-state index contributed by atoms with van der Waals surface area (Å²) in [6.07, 6.45) is 2.44. The third kappa shape index (κ3) is 2.52. The molecule has 2 aliphatic heterocycles. The largest absolute Gasteiger partial charge is 0.339 e. The van der Waals surface area contributed by atoms with Gasteiger partial charge in [0.2, 0.25) is 5.89 Å². The molecule has 0 aromatic carbocycles. The van der Waals surface area contributed by atoms with Gasteiger partial charge in [0.05, 0.1) is 6.54 Å². The molecule has 1 aromatic rings. The van der Waals surface area contributed by atoms with Crippen molar-refractivity contribution in [2.75, 3.05) is 39.3 Å². The van der Waals surface area contributed by atoms with Crippen molar-refractivity contribution in [3.63, 3.8) is 0 Å². The number of nitrogens with zero attached hydrogens (tertiary/aromatic N) is 4. The number of hydrogen-bond acceptors (Lipinski definition) is 6. The Balaban J connectivity index is 1.26. The third-order valence-corrected chi connectivity index (χ3v) is 4.38. The summed E-state index contributed by atoms with van der Waals surface area (Å²) in [6.45, 7) is 7.77. The third-order valence-electron chi connectivity index (χ3n) is 4.38. The van der Waals surface area contributed by atoms with Crippen molar-refractivity contribution in [3.8, 4) is 0 Å². The van der Waals surface area contributed by atoms with Crippen LogP contribution in [0, 0.1) is 0 Å². The highest BCUT2D eigenvalue weighted by atomic mass is 16.5. The fourth-order valence-corrected chi connectivity index (χ4v) is 2.98. The molecule has 0 atom stereocenters. The molecule has 1 aromatic heterocycles. The highest BCUT2D eigenvalue weighted by Gasteiger charge is 2.34. The van der Waals surface area contributed by atoms with E-state index in [0.29, 0.717) is 5.92 Å². The van der Waals surface area contributed by atoms with Gasteiger partial charge in [0.15, 0.2) is 5.82 Å². The summed E-state index contributed by atoms with van der Waals surface area (Å²) < 4.78 is 5.29. The zero-order chi connectivity index (χ0) is 12.7. The van der Waals surface area contributed by atoms with E-state index in [1.165, 1.54) is 25.9 Å². The average Bonchev–Trinajstić information content (AvgIpc) is 3.15. The Morgan fingerprint density at radius 1 is 1.21 bits per heavy atom. The predicted octanol–water partition coefficient (Wildman–Crippen LogP) is 0.0364. The van der Waals surface area contributed by atoms with Crippen LogP contribution in [-0.2, 0) is 6.54 Å². The summed E-state index contributed by atoms with van der Waals surface area (Å²) in [5, 5.41) is 7.49. The Hall–Kier alpha value is -0.980. The maximum absolute atomic E-state index is 5.29. The molecule has 1 saturated carbocycles. The molecule has 3 fully saturated rings. The summed E-state index contributed by atoms with van der Waals surface area (Å²) in [7, 11) is 0. The highest BCUT2D eigenvalue weighted by molar-refractivity contribution is 5.02. The van der Waals surface area contributed by atoms with Crippen molar-refractivity contribution in [1.82, 2.24) is 25.3 Å². The van der Waals surface area contributed by atoms with Crippen molar-refractivity contribution < 1.29 is 4.52 Å². The van der Waals surface area contributed by atoms with Gasteiger partial charge in [-0.1, -0.05) is 5.16 Å². The van der Waals surface area contributed by atoms with E-state index in [9.17, 15) is 0 Å². The SMILES string of the molecule is C1CN(C2CN(Cc3noc(C4CC4)n3)C2)CCN1. The standard InChI is InChI=1S/C13H21N5O/c1-2-10(1)13-15-12(16-19-13)9-17-7-11(8-17)18-5-3-14-4-6-18/h10-11,14H,1-9H2. The van der Waals surface area contributed by atoms with Crippen LogP contribution < -0.4 is 5.32 Å². The van der Waals surface area contributed by atoms with Crippen molar-refractivity contribution in [3.05, 3.63) is 11.7 Å². The molecule has 2 saturated heterocycles. The molecular weight excluding hydrogens is 242 g/mol. The number of likely N-dealkylation sites (tertiary alicyclic amines) is 1. The van der Waals surface area contributed by atoms with E-state index in [4.69, 9.17) is 4.52 Å². The van der Waals surface area contributed by atoms with E-state index in [0.717, 1.165) is 50.5 Å². The van der Waals surface area contributed by atoms with Gasteiger partial charge in [-0.25, -0.2) is 0 Å². The van der Waals surface area contributed by atoms with Gasteiger partial charge < -0.3 is 9.84 Å². The quantitative estimate of drug-likeness (QED) is 0.827. The molecule has 0 radical (unpaired) electrons. The topological polar surface area (TPSA) is 57.4 Å². The van der Waals surface area contributed by atoms with Crippen molar-refractivity contribution in [2.24, 2.45) is 0 Å². The fourth-order valence-electron chi connectivity index (χ4n) is 2.98. The first-order valence-corrected chi connectivity index (χ1v) is 7.38. The van der Waals surface area contributed by atoms with Crippen molar-refractivity contribution in [1.29, 1.82) is 0 Å². The highest BCUT2D eigenvalue weighted by Crippen LogP contribution is 2.38. The Labute approximate surface area is 113 Å². The van der Waals surface area contributed by atoms with E-state index in [-0.39, 0.29) is 0 Å². The minimum absolute atomic E-state index is 0.561. The van der Waals surface area contributed by atoms with E-state index in [2.05, 4.69) is 25.3 Å². The summed E-state index contributed by atoms with van der Waals surface area (Å²) in [5.74, 6) is 2.28. The zero-order valence-corrected chi connectivity index (χ0v) is 11.2. The first-order valence-electron chi connectivity index (χ1n) is 7.38. The van der Waals surface area contributed by atoms with Crippen molar-refractivity contribution in [2.45, 2.75) is 31.3 Å². The number of piperazine rings is 1. The summed E-state index contributed by atoms with van der Waals surface area (Å²) >= 11 is 0. The lowest BCUT2D eigenvalue weighted by molar-refractivity contribution is 0.0204. The second-order valence-corrected chi connectivity index (χ2v) is 5.96. The Morgan fingerprint density at radius 3 is 2.74 bits per heavy atom. The van der Waals surface area contributed by atoms with E-state index in [1.807, 2.05) is 0 Å². The molecule has 0 amide bonds. The Bertz CT molecular complexity index is 432. The van der Waals surface area contributed by atoms with Crippen LogP contribution in [0.15, 0.2) is 4.52 Å². The smallest absolute Gasteiger partial charge is 0.229 e. The maximum atomic E-state index is 5.29. The molecule has 0 bridgehead atoms. The van der Waals surface area contributed by atoms with E-state index in [1.54, 1.807) is 0 Å². The number of aromatic nitrogens is 2. The predicted molar refractivity (Wildman–Crippen MR) is 69.8 cm³/mol. The molecule has 1 N–H and O–H groups in total. The molecule has 104 valence electrons.